The molecule has 1 amide bonds. The Labute approximate surface area is 118 Å². The number of aryl methyl sites for hydroxylation is 1. The second-order valence-electron chi connectivity index (χ2n) is 4.98. The lowest BCUT2D eigenvalue weighted by atomic mass is 10.1. The van der Waals surface area contributed by atoms with Crippen LogP contribution in [0.3, 0.4) is 0 Å². The van der Waals surface area contributed by atoms with Crippen molar-refractivity contribution in [2.24, 2.45) is 0 Å². The zero-order valence-corrected chi connectivity index (χ0v) is 11.9. The van der Waals surface area contributed by atoms with E-state index in [1.165, 1.54) is 0 Å². The van der Waals surface area contributed by atoms with Crippen molar-refractivity contribution in [1.29, 1.82) is 0 Å². The molecule has 0 unspecified atom stereocenters. The lowest BCUT2D eigenvalue weighted by molar-refractivity contribution is -0.118. The van der Waals surface area contributed by atoms with Crippen molar-refractivity contribution < 1.29 is 9.32 Å². The van der Waals surface area contributed by atoms with E-state index in [0.717, 1.165) is 5.56 Å². The summed E-state index contributed by atoms with van der Waals surface area (Å²) in [7, 11) is 0. The third-order valence-electron chi connectivity index (χ3n) is 2.77. The van der Waals surface area contributed by atoms with Gasteiger partial charge in [-0.05, 0) is 26.3 Å². The van der Waals surface area contributed by atoms with Crippen molar-refractivity contribution in [3.05, 3.63) is 47.7 Å². The number of hydrogen-bond acceptors (Lipinski definition) is 4. The molecule has 0 radical (unpaired) electrons. The van der Waals surface area contributed by atoms with Crippen LogP contribution in [0, 0.1) is 6.92 Å². The number of nitrogens with zero attached hydrogens (tertiary/aromatic N) is 1. The molecule has 0 saturated heterocycles. The molecule has 1 heterocycles. The van der Waals surface area contributed by atoms with Gasteiger partial charge in [0.25, 0.3) is 0 Å². The highest BCUT2D eigenvalue weighted by molar-refractivity contribution is 5.94. The van der Waals surface area contributed by atoms with Crippen LogP contribution in [0.15, 0.2) is 40.9 Å². The van der Waals surface area contributed by atoms with E-state index in [2.05, 4.69) is 15.8 Å². The highest BCUT2D eigenvalue weighted by Gasteiger charge is 2.21. The van der Waals surface area contributed by atoms with Crippen molar-refractivity contribution >= 4 is 11.7 Å². The molecule has 0 fully saturated rings. The number of aromatic nitrogens is 1. The number of carbonyl (C=O) groups is 1. The Balaban J connectivity index is 2.16. The molecule has 0 aliphatic heterocycles. The summed E-state index contributed by atoms with van der Waals surface area (Å²) in [5.41, 5.74) is 0.916. The summed E-state index contributed by atoms with van der Waals surface area (Å²) < 4.78 is 4.95. The molecular formula is C15H19N3O2. The molecule has 5 nitrogen and oxygen atoms in total. The van der Waals surface area contributed by atoms with E-state index in [1.807, 2.05) is 44.2 Å². The molecule has 0 aliphatic carbocycles. The van der Waals surface area contributed by atoms with Crippen LogP contribution >= 0.6 is 0 Å². The average molecular weight is 273 g/mol. The van der Waals surface area contributed by atoms with Crippen LogP contribution in [0.4, 0.5) is 5.82 Å². The molecule has 0 aliphatic rings. The fourth-order valence-corrected chi connectivity index (χ4v) is 1.93. The van der Waals surface area contributed by atoms with Crippen molar-refractivity contribution in [3.8, 4) is 0 Å². The number of nitrogens with one attached hydrogen (secondary N) is 2. The van der Waals surface area contributed by atoms with E-state index >= 15 is 0 Å². The van der Waals surface area contributed by atoms with Crippen LogP contribution in [0.2, 0.25) is 0 Å². The Morgan fingerprint density at radius 1 is 1.25 bits per heavy atom. The largest absolute Gasteiger partial charge is 0.360 e. The molecule has 1 aromatic carbocycles. The van der Waals surface area contributed by atoms with Crippen LogP contribution in [0.5, 0.6) is 0 Å². The normalized spacial score (nSPS) is 12.4. The van der Waals surface area contributed by atoms with Gasteiger partial charge in [0, 0.05) is 12.1 Å². The molecule has 0 saturated carbocycles. The van der Waals surface area contributed by atoms with Crippen LogP contribution in [0.25, 0.3) is 0 Å². The first kappa shape index (κ1) is 14.3. The minimum atomic E-state index is -0.423. The third-order valence-corrected chi connectivity index (χ3v) is 2.77. The van der Waals surface area contributed by atoms with Gasteiger partial charge in [0.2, 0.25) is 5.91 Å². The third kappa shape index (κ3) is 3.68. The smallest absolute Gasteiger partial charge is 0.247 e. The predicted octanol–water partition coefficient (Wildman–Crippen LogP) is 2.66. The van der Waals surface area contributed by atoms with Gasteiger partial charge in [-0.15, -0.1) is 0 Å². The Bertz CT molecular complexity index is 564. The molecule has 2 rings (SSSR count). The molecule has 1 atom stereocenters. The lowest BCUT2D eigenvalue weighted by Gasteiger charge is -2.20. The van der Waals surface area contributed by atoms with Gasteiger partial charge in [-0.3, -0.25) is 10.1 Å². The average Bonchev–Trinajstić information content (AvgIpc) is 2.82. The number of rotatable bonds is 5. The summed E-state index contributed by atoms with van der Waals surface area (Å²) in [4.78, 5) is 12.4. The number of carbonyl (C=O) groups excluding carboxylic acids is 1. The van der Waals surface area contributed by atoms with Crippen molar-refractivity contribution in [1.82, 2.24) is 10.5 Å². The standard InChI is InChI=1S/C15H19N3O2/c1-10(2)16-14(12-7-5-4-6-8-12)15(19)17-13-9-11(3)20-18-13/h4-10,14,16H,1-3H3,(H,17,18,19)/t14-/m1/s1. The summed E-state index contributed by atoms with van der Waals surface area (Å²) >= 11 is 0. The SMILES string of the molecule is Cc1cc(NC(=O)[C@H](NC(C)C)c2ccccc2)no1. The first-order valence-corrected chi connectivity index (χ1v) is 6.61. The molecule has 106 valence electrons. The molecule has 20 heavy (non-hydrogen) atoms. The molecule has 5 heteroatoms. The summed E-state index contributed by atoms with van der Waals surface area (Å²) in [5, 5.41) is 9.79. The van der Waals surface area contributed by atoms with E-state index in [4.69, 9.17) is 4.52 Å². The highest BCUT2D eigenvalue weighted by Crippen LogP contribution is 2.16. The van der Waals surface area contributed by atoms with Gasteiger partial charge >= 0.3 is 0 Å². The summed E-state index contributed by atoms with van der Waals surface area (Å²) in [5.74, 6) is 0.936. The molecule has 0 bridgehead atoms. The second-order valence-corrected chi connectivity index (χ2v) is 4.98. The van der Waals surface area contributed by atoms with Crippen molar-refractivity contribution in [2.75, 3.05) is 5.32 Å². The van der Waals surface area contributed by atoms with E-state index in [9.17, 15) is 4.79 Å². The van der Waals surface area contributed by atoms with E-state index in [0.29, 0.717) is 11.6 Å². The maximum Gasteiger partial charge on any atom is 0.247 e. The highest BCUT2D eigenvalue weighted by atomic mass is 16.5. The Morgan fingerprint density at radius 3 is 2.50 bits per heavy atom. The van der Waals surface area contributed by atoms with Gasteiger partial charge in [0.1, 0.15) is 11.8 Å². The molecular weight excluding hydrogens is 254 g/mol. The second kappa shape index (κ2) is 6.34. The Hall–Kier alpha value is -2.14. The summed E-state index contributed by atoms with van der Waals surface area (Å²) in [6.07, 6.45) is 0. The molecule has 2 aromatic rings. The minimum absolute atomic E-state index is 0.154. The van der Waals surface area contributed by atoms with Crippen LogP contribution in [-0.2, 0) is 4.79 Å². The van der Waals surface area contributed by atoms with Gasteiger partial charge in [-0.1, -0.05) is 35.5 Å². The molecule has 2 N–H and O–H groups in total. The molecule has 0 spiro atoms. The van der Waals surface area contributed by atoms with Crippen LogP contribution < -0.4 is 10.6 Å². The van der Waals surface area contributed by atoms with Crippen molar-refractivity contribution in [2.45, 2.75) is 32.9 Å². The quantitative estimate of drug-likeness (QED) is 0.879. The van der Waals surface area contributed by atoms with E-state index < -0.39 is 6.04 Å². The summed E-state index contributed by atoms with van der Waals surface area (Å²) in [6, 6.07) is 11.1. The topological polar surface area (TPSA) is 67.2 Å². The molecule has 1 aromatic heterocycles. The van der Waals surface area contributed by atoms with Gasteiger partial charge in [0.15, 0.2) is 5.82 Å². The monoisotopic (exact) mass is 273 g/mol. The van der Waals surface area contributed by atoms with E-state index in [-0.39, 0.29) is 11.9 Å². The zero-order chi connectivity index (χ0) is 14.5. The first-order valence-electron chi connectivity index (χ1n) is 6.61. The maximum absolute atomic E-state index is 12.4. The van der Waals surface area contributed by atoms with Crippen LogP contribution in [0.1, 0.15) is 31.2 Å². The van der Waals surface area contributed by atoms with Gasteiger partial charge in [-0.25, -0.2) is 0 Å². The van der Waals surface area contributed by atoms with E-state index in [1.54, 1.807) is 13.0 Å². The Morgan fingerprint density at radius 2 is 1.95 bits per heavy atom. The number of amides is 1. The maximum atomic E-state index is 12.4. The Kier molecular flexibility index (Phi) is 4.53. The lowest BCUT2D eigenvalue weighted by Crippen LogP contribution is -2.37. The predicted molar refractivity (Wildman–Crippen MR) is 77.3 cm³/mol. The fraction of sp³-hybridized carbons (Fsp3) is 0.333. The number of hydrogen-bond donors (Lipinski definition) is 2. The minimum Gasteiger partial charge on any atom is -0.360 e. The number of benzene rings is 1. The zero-order valence-electron chi connectivity index (χ0n) is 11.9. The van der Waals surface area contributed by atoms with Crippen LogP contribution in [-0.4, -0.2) is 17.1 Å². The van der Waals surface area contributed by atoms with Gasteiger partial charge in [-0.2, -0.15) is 0 Å². The summed E-state index contributed by atoms with van der Waals surface area (Å²) in [6.45, 7) is 5.79. The fourth-order valence-electron chi connectivity index (χ4n) is 1.93. The van der Waals surface area contributed by atoms with Crippen molar-refractivity contribution in [3.63, 3.8) is 0 Å². The van der Waals surface area contributed by atoms with Gasteiger partial charge in [0.05, 0.1) is 0 Å². The first-order chi connectivity index (χ1) is 9.56. The number of anilines is 1. The van der Waals surface area contributed by atoms with Gasteiger partial charge < -0.3 is 9.84 Å².